The highest BCUT2D eigenvalue weighted by atomic mass is 16.3. The summed E-state index contributed by atoms with van der Waals surface area (Å²) in [5, 5.41) is 11.8. The summed E-state index contributed by atoms with van der Waals surface area (Å²) in [6.45, 7) is 0.101. The molecule has 2 aliphatic carbocycles. The molecule has 0 heterocycles. The predicted molar refractivity (Wildman–Crippen MR) is 44.5 cm³/mol. The Balaban J connectivity index is 1.74. The first kappa shape index (κ1) is 8.05. The standard InChI is InChI=1S/C9H15NO2/c11-6-9(3-4-9)10-8(12)5-7-1-2-7/h7,11H,1-6H2,(H,10,12). The summed E-state index contributed by atoms with van der Waals surface area (Å²) in [6, 6.07) is 0. The number of nitrogens with one attached hydrogen (secondary N) is 1. The lowest BCUT2D eigenvalue weighted by atomic mass is 10.2. The maximum atomic E-state index is 11.3. The van der Waals surface area contributed by atoms with E-state index in [9.17, 15) is 4.79 Å². The summed E-state index contributed by atoms with van der Waals surface area (Å²) in [5.41, 5.74) is -0.216. The maximum absolute atomic E-state index is 11.3. The van der Waals surface area contributed by atoms with Gasteiger partial charge in [0.1, 0.15) is 0 Å². The van der Waals surface area contributed by atoms with Gasteiger partial charge in [-0.25, -0.2) is 0 Å². The molecule has 0 unspecified atom stereocenters. The summed E-state index contributed by atoms with van der Waals surface area (Å²) < 4.78 is 0. The Bertz CT molecular complexity index is 195. The van der Waals surface area contributed by atoms with Crippen molar-refractivity contribution in [3.63, 3.8) is 0 Å². The van der Waals surface area contributed by atoms with E-state index < -0.39 is 0 Å². The van der Waals surface area contributed by atoms with Crippen LogP contribution in [0.15, 0.2) is 0 Å². The molecule has 0 aliphatic heterocycles. The summed E-state index contributed by atoms with van der Waals surface area (Å²) in [5.74, 6) is 0.767. The number of aliphatic hydroxyl groups excluding tert-OH is 1. The lowest BCUT2D eigenvalue weighted by Gasteiger charge is -2.13. The molecule has 1 amide bonds. The van der Waals surface area contributed by atoms with Crippen molar-refractivity contribution in [2.45, 2.75) is 37.6 Å². The highest BCUT2D eigenvalue weighted by Gasteiger charge is 2.43. The van der Waals surface area contributed by atoms with Gasteiger partial charge in [-0.15, -0.1) is 0 Å². The van der Waals surface area contributed by atoms with E-state index >= 15 is 0 Å². The van der Waals surface area contributed by atoms with E-state index in [0.29, 0.717) is 12.3 Å². The highest BCUT2D eigenvalue weighted by Crippen LogP contribution is 2.36. The van der Waals surface area contributed by atoms with Crippen LogP contribution in [0.4, 0.5) is 0 Å². The molecule has 0 aromatic carbocycles. The lowest BCUT2D eigenvalue weighted by Crippen LogP contribution is -2.39. The Morgan fingerprint density at radius 2 is 2.17 bits per heavy atom. The number of hydrogen-bond donors (Lipinski definition) is 2. The molecule has 2 rings (SSSR count). The van der Waals surface area contributed by atoms with Crippen molar-refractivity contribution < 1.29 is 9.90 Å². The molecular weight excluding hydrogens is 154 g/mol. The van der Waals surface area contributed by atoms with Crippen LogP contribution in [0, 0.1) is 5.92 Å². The van der Waals surface area contributed by atoms with Gasteiger partial charge in [0.25, 0.3) is 0 Å². The molecule has 0 atom stereocenters. The molecule has 12 heavy (non-hydrogen) atoms. The average molecular weight is 169 g/mol. The first-order valence-electron chi connectivity index (χ1n) is 4.66. The second-order valence-corrected chi connectivity index (χ2v) is 4.13. The van der Waals surface area contributed by atoms with Crippen molar-refractivity contribution >= 4 is 5.91 Å². The largest absolute Gasteiger partial charge is 0.394 e. The van der Waals surface area contributed by atoms with Crippen molar-refractivity contribution in [1.82, 2.24) is 5.32 Å². The van der Waals surface area contributed by atoms with Crippen LogP contribution in [0.25, 0.3) is 0 Å². The van der Waals surface area contributed by atoms with Crippen LogP contribution in [0.5, 0.6) is 0 Å². The first-order valence-corrected chi connectivity index (χ1v) is 4.66. The van der Waals surface area contributed by atoms with Gasteiger partial charge >= 0.3 is 0 Å². The van der Waals surface area contributed by atoms with Gasteiger partial charge < -0.3 is 10.4 Å². The molecule has 0 radical (unpaired) electrons. The highest BCUT2D eigenvalue weighted by molar-refractivity contribution is 5.77. The summed E-state index contributed by atoms with van der Waals surface area (Å²) in [7, 11) is 0. The minimum Gasteiger partial charge on any atom is -0.394 e. The lowest BCUT2D eigenvalue weighted by molar-refractivity contribution is -0.122. The Morgan fingerprint density at radius 1 is 1.50 bits per heavy atom. The zero-order valence-corrected chi connectivity index (χ0v) is 7.18. The molecule has 3 nitrogen and oxygen atoms in total. The number of hydrogen-bond acceptors (Lipinski definition) is 2. The van der Waals surface area contributed by atoms with E-state index in [1.54, 1.807) is 0 Å². The molecule has 2 aliphatic rings. The normalized spacial score (nSPS) is 25.1. The smallest absolute Gasteiger partial charge is 0.220 e. The van der Waals surface area contributed by atoms with Gasteiger partial charge in [-0.2, -0.15) is 0 Å². The van der Waals surface area contributed by atoms with Gasteiger partial charge in [0.2, 0.25) is 5.91 Å². The van der Waals surface area contributed by atoms with E-state index in [1.165, 1.54) is 12.8 Å². The Hall–Kier alpha value is -0.570. The minimum atomic E-state index is -0.216. The van der Waals surface area contributed by atoms with Crippen molar-refractivity contribution in [2.75, 3.05) is 6.61 Å². The van der Waals surface area contributed by atoms with Gasteiger partial charge in [0, 0.05) is 6.42 Å². The van der Waals surface area contributed by atoms with Gasteiger partial charge in [-0.3, -0.25) is 4.79 Å². The quantitative estimate of drug-likeness (QED) is 0.641. The Morgan fingerprint density at radius 3 is 2.58 bits per heavy atom. The van der Waals surface area contributed by atoms with Crippen LogP contribution in [0.1, 0.15) is 32.1 Å². The number of aliphatic hydroxyl groups is 1. The van der Waals surface area contributed by atoms with Crippen LogP contribution in [0.3, 0.4) is 0 Å². The number of amides is 1. The van der Waals surface area contributed by atoms with Crippen LogP contribution in [-0.4, -0.2) is 23.2 Å². The monoisotopic (exact) mass is 169 g/mol. The fourth-order valence-electron chi connectivity index (χ4n) is 1.40. The van der Waals surface area contributed by atoms with Crippen molar-refractivity contribution in [3.8, 4) is 0 Å². The van der Waals surface area contributed by atoms with Gasteiger partial charge in [0.15, 0.2) is 0 Å². The van der Waals surface area contributed by atoms with Gasteiger partial charge in [0.05, 0.1) is 12.1 Å². The van der Waals surface area contributed by atoms with Crippen LogP contribution in [-0.2, 0) is 4.79 Å². The molecule has 0 bridgehead atoms. The fourth-order valence-corrected chi connectivity index (χ4v) is 1.40. The summed E-state index contributed by atoms with van der Waals surface area (Å²) >= 11 is 0. The van der Waals surface area contributed by atoms with Crippen LogP contribution in [0.2, 0.25) is 0 Å². The number of carbonyl (C=O) groups excluding carboxylic acids is 1. The van der Waals surface area contributed by atoms with Gasteiger partial charge in [-0.05, 0) is 31.6 Å². The Kier molecular flexibility index (Phi) is 1.83. The molecular formula is C9H15NO2. The average Bonchev–Trinajstić information content (AvgIpc) is 2.86. The SMILES string of the molecule is O=C(CC1CC1)NC1(CO)CC1. The molecule has 0 spiro atoms. The van der Waals surface area contributed by atoms with Crippen molar-refractivity contribution in [2.24, 2.45) is 5.92 Å². The van der Waals surface area contributed by atoms with E-state index in [4.69, 9.17) is 5.11 Å². The maximum Gasteiger partial charge on any atom is 0.220 e. The van der Waals surface area contributed by atoms with E-state index in [2.05, 4.69) is 5.32 Å². The Labute approximate surface area is 72.2 Å². The van der Waals surface area contributed by atoms with Crippen LogP contribution >= 0.6 is 0 Å². The molecule has 2 N–H and O–H groups in total. The molecule has 2 saturated carbocycles. The second-order valence-electron chi connectivity index (χ2n) is 4.13. The van der Waals surface area contributed by atoms with Crippen molar-refractivity contribution in [3.05, 3.63) is 0 Å². The zero-order chi connectivity index (χ0) is 8.60. The number of rotatable bonds is 4. The molecule has 2 fully saturated rings. The van der Waals surface area contributed by atoms with E-state index in [1.807, 2.05) is 0 Å². The third kappa shape index (κ3) is 1.78. The third-order valence-corrected chi connectivity index (χ3v) is 2.73. The molecule has 0 saturated heterocycles. The topological polar surface area (TPSA) is 49.3 Å². The number of carbonyl (C=O) groups is 1. The van der Waals surface area contributed by atoms with Crippen LogP contribution < -0.4 is 5.32 Å². The molecule has 68 valence electrons. The third-order valence-electron chi connectivity index (χ3n) is 2.73. The second kappa shape index (κ2) is 2.73. The van der Waals surface area contributed by atoms with Crippen molar-refractivity contribution in [1.29, 1.82) is 0 Å². The van der Waals surface area contributed by atoms with E-state index in [0.717, 1.165) is 12.8 Å². The molecule has 3 heteroatoms. The zero-order valence-electron chi connectivity index (χ0n) is 7.18. The molecule has 0 aromatic rings. The predicted octanol–water partition coefficient (Wildman–Crippen LogP) is 0.428. The van der Waals surface area contributed by atoms with Gasteiger partial charge in [-0.1, -0.05) is 0 Å². The summed E-state index contributed by atoms with van der Waals surface area (Å²) in [6.07, 6.45) is 4.97. The minimum absolute atomic E-state index is 0.101. The molecule has 0 aromatic heterocycles. The first-order chi connectivity index (χ1) is 5.74. The van der Waals surface area contributed by atoms with E-state index in [-0.39, 0.29) is 18.1 Å². The summed E-state index contributed by atoms with van der Waals surface area (Å²) in [4.78, 5) is 11.3. The fraction of sp³-hybridized carbons (Fsp3) is 0.889.